The van der Waals surface area contributed by atoms with Crippen molar-refractivity contribution in [2.45, 2.75) is 59.0 Å². The number of carbonyl (C=O) groups excluding carboxylic acids is 1. The molecule has 1 fully saturated rings. The highest BCUT2D eigenvalue weighted by atomic mass is 16.2. The number of aromatic nitrogens is 3. The number of H-pyrrole nitrogens is 1. The molecule has 3 rings (SSSR count). The smallest absolute Gasteiger partial charge is 0.261 e. The largest absolute Gasteiger partial charge is 0.333 e. The fourth-order valence-corrected chi connectivity index (χ4v) is 3.71. The predicted octanol–water partition coefficient (Wildman–Crippen LogP) is 2.83. The van der Waals surface area contributed by atoms with Crippen LogP contribution in [0.5, 0.6) is 0 Å². The zero-order chi connectivity index (χ0) is 18.0. The van der Waals surface area contributed by atoms with Gasteiger partial charge in [0.15, 0.2) is 0 Å². The summed E-state index contributed by atoms with van der Waals surface area (Å²) in [4.78, 5) is 34.5. The van der Waals surface area contributed by atoms with Crippen LogP contribution in [0.4, 0.5) is 0 Å². The number of piperidine rings is 1. The van der Waals surface area contributed by atoms with Crippen LogP contribution < -0.4 is 5.56 Å². The van der Waals surface area contributed by atoms with Crippen LogP contribution in [0.2, 0.25) is 0 Å². The fourth-order valence-electron chi connectivity index (χ4n) is 3.71. The van der Waals surface area contributed by atoms with E-state index in [2.05, 4.69) is 21.5 Å². The molecule has 0 radical (unpaired) electrons. The second-order valence-corrected chi connectivity index (χ2v) is 6.64. The lowest BCUT2D eigenvalue weighted by Gasteiger charge is -2.36. The number of likely N-dealkylation sites (tertiary alicyclic amines) is 1. The molecule has 0 saturated carbocycles. The second-order valence-electron chi connectivity index (χ2n) is 6.64. The number of aromatic amines is 1. The van der Waals surface area contributed by atoms with Crippen LogP contribution in [-0.2, 0) is 13.0 Å². The third kappa shape index (κ3) is 3.25. The van der Waals surface area contributed by atoms with E-state index >= 15 is 0 Å². The van der Waals surface area contributed by atoms with Crippen molar-refractivity contribution >= 4 is 5.91 Å². The summed E-state index contributed by atoms with van der Waals surface area (Å²) >= 11 is 0. The summed E-state index contributed by atoms with van der Waals surface area (Å²) in [6.07, 6.45) is 7.34. The van der Waals surface area contributed by atoms with Gasteiger partial charge in [-0.1, -0.05) is 6.92 Å². The highest BCUT2D eigenvalue weighted by Crippen LogP contribution is 2.31. The molecule has 2 aromatic rings. The zero-order valence-corrected chi connectivity index (χ0v) is 15.2. The number of rotatable bonds is 4. The van der Waals surface area contributed by atoms with E-state index < -0.39 is 0 Å². The number of pyridine rings is 1. The molecule has 1 aliphatic rings. The van der Waals surface area contributed by atoms with Gasteiger partial charge in [0.05, 0.1) is 24.3 Å². The van der Waals surface area contributed by atoms with E-state index in [1.807, 2.05) is 24.9 Å². The highest BCUT2D eigenvalue weighted by molar-refractivity contribution is 5.94. The quantitative estimate of drug-likeness (QED) is 0.929. The predicted molar refractivity (Wildman–Crippen MR) is 96.7 cm³/mol. The Morgan fingerprint density at radius 2 is 2.16 bits per heavy atom. The molecule has 1 unspecified atom stereocenters. The molecule has 0 aliphatic carbocycles. The first-order chi connectivity index (χ1) is 12.1. The van der Waals surface area contributed by atoms with Gasteiger partial charge in [0, 0.05) is 18.8 Å². The SMILES string of the molecule is CCc1[nH]c(=O)c(C(=O)N2CCCCC2c2cncn2CC)cc1C. The number of hydrogen-bond acceptors (Lipinski definition) is 3. The molecule has 1 atom stereocenters. The summed E-state index contributed by atoms with van der Waals surface area (Å²) in [6, 6.07) is 1.72. The van der Waals surface area contributed by atoms with Gasteiger partial charge in [0.25, 0.3) is 11.5 Å². The van der Waals surface area contributed by atoms with Crippen molar-refractivity contribution in [3.63, 3.8) is 0 Å². The first-order valence-electron chi connectivity index (χ1n) is 9.10. The Kier molecular flexibility index (Phi) is 5.06. The monoisotopic (exact) mass is 342 g/mol. The minimum atomic E-state index is -0.291. The van der Waals surface area contributed by atoms with Crippen LogP contribution >= 0.6 is 0 Å². The molecular formula is C19H26N4O2. The molecule has 0 aromatic carbocycles. The first-order valence-corrected chi connectivity index (χ1v) is 9.10. The van der Waals surface area contributed by atoms with Gasteiger partial charge >= 0.3 is 0 Å². The van der Waals surface area contributed by atoms with Gasteiger partial charge < -0.3 is 14.5 Å². The summed E-state index contributed by atoms with van der Waals surface area (Å²) in [5.74, 6) is -0.180. The number of amides is 1. The van der Waals surface area contributed by atoms with Crippen molar-refractivity contribution in [2.75, 3.05) is 6.54 Å². The summed E-state index contributed by atoms with van der Waals surface area (Å²) in [6.45, 7) is 7.49. The van der Waals surface area contributed by atoms with Gasteiger partial charge in [-0.25, -0.2) is 4.98 Å². The van der Waals surface area contributed by atoms with E-state index in [0.29, 0.717) is 6.54 Å². The number of imidazole rings is 1. The maximum Gasteiger partial charge on any atom is 0.261 e. The van der Waals surface area contributed by atoms with Gasteiger partial charge in [0.2, 0.25) is 0 Å². The molecule has 1 amide bonds. The Morgan fingerprint density at radius 3 is 2.88 bits per heavy atom. The van der Waals surface area contributed by atoms with Gasteiger partial charge in [0.1, 0.15) is 5.56 Å². The lowest BCUT2D eigenvalue weighted by molar-refractivity contribution is 0.0599. The second kappa shape index (κ2) is 7.25. The Labute approximate surface area is 147 Å². The zero-order valence-electron chi connectivity index (χ0n) is 15.2. The molecule has 1 aliphatic heterocycles. The highest BCUT2D eigenvalue weighted by Gasteiger charge is 2.31. The van der Waals surface area contributed by atoms with Crippen molar-refractivity contribution in [1.29, 1.82) is 0 Å². The summed E-state index contributed by atoms with van der Waals surface area (Å²) in [5, 5.41) is 0. The molecule has 25 heavy (non-hydrogen) atoms. The van der Waals surface area contributed by atoms with Gasteiger partial charge in [-0.05, 0) is 51.2 Å². The molecule has 6 nitrogen and oxygen atoms in total. The van der Waals surface area contributed by atoms with Crippen LogP contribution in [0.15, 0.2) is 23.4 Å². The Morgan fingerprint density at radius 1 is 1.36 bits per heavy atom. The van der Waals surface area contributed by atoms with E-state index in [0.717, 1.165) is 49.2 Å². The fraction of sp³-hybridized carbons (Fsp3) is 0.526. The number of nitrogens with one attached hydrogen (secondary N) is 1. The van der Waals surface area contributed by atoms with Gasteiger partial charge in [-0.2, -0.15) is 0 Å². The maximum atomic E-state index is 13.2. The topological polar surface area (TPSA) is 71.0 Å². The molecule has 1 N–H and O–H groups in total. The molecular weight excluding hydrogens is 316 g/mol. The minimum Gasteiger partial charge on any atom is -0.333 e. The lowest BCUT2D eigenvalue weighted by Crippen LogP contribution is -2.41. The van der Waals surface area contributed by atoms with E-state index in [-0.39, 0.29) is 23.1 Å². The Hall–Kier alpha value is -2.37. The summed E-state index contributed by atoms with van der Waals surface area (Å²) < 4.78 is 2.08. The molecule has 134 valence electrons. The maximum absolute atomic E-state index is 13.2. The Balaban J connectivity index is 1.97. The van der Waals surface area contributed by atoms with E-state index in [1.54, 1.807) is 12.4 Å². The van der Waals surface area contributed by atoms with Crippen molar-refractivity contribution < 1.29 is 4.79 Å². The molecule has 1 saturated heterocycles. The normalized spacial score (nSPS) is 17.7. The summed E-state index contributed by atoms with van der Waals surface area (Å²) in [7, 11) is 0. The third-order valence-corrected chi connectivity index (χ3v) is 5.12. The molecule has 0 spiro atoms. The lowest BCUT2D eigenvalue weighted by atomic mass is 9.98. The molecule has 2 aromatic heterocycles. The van der Waals surface area contributed by atoms with Gasteiger partial charge in [-0.3, -0.25) is 9.59 Å². The van der Waals surface area contributed by atoms with Crippen LogP contribution in [0, 0.1) is 6.92 Å². The van der Waals surface area contributed by atoms with Crippen LogP contribution in [0.3, 0.4) is 0 Å². The van der Waals surface area contributed by atoms with E-state index in [9.17, 15) is 9.59 Å². The van der Waals surface area contributed by atoms with Gasteiger partial charge in [-0.15, -0.1) is 0 Å². The number of carbonyl (C=O) groups is 1. The molecule has 3 heterocycles. The van der Waals surface area contributed by atoms with Crippen molar-refractivity contribution in [3.05, 3.63) is 51.5 Å². The summed E-state index contributed by atoms with van der Waals surface area (Å²) in [5.41, 5.74) is 2.84. The van der Waals surface area contributed by atoms with Crippen LogP contribution in [-0.4, -0.2) is 31.9 Å². The third-order valence-electron chi connectivity index (χ3n) is 5.12. The average Bonchev–Trinajstić information content (AvgIpc) is 3.11. The molecule has 6 heteroatoms. The van der Waals surface area contributed by atoms with E-state index in [4.69, 9.17) is 0 Å². The van der Waals surface area contributed by atoms with Crippen LogP contribution in [0.1, 0.15) is 66.5 Å². The first kappa shape index (κ1) is 17.5. The Bertz CT molecular complexity index is 821. The van der Waals surface area contributed by atoms with Crippen molar-refractivity contribution in [1.82, 2.24) is 19.4 Å². The van der Waals surface area contributed by atoms with Crippen LogP contribution in [0.25, 0.3) is 0 Å². The molecule has 0 bridgehead atoms. The number of nitrogens with zero attached hydrogens (tertiary/aromatic N) is 3. The van der Waals surface area contributed by atoms with E-state index in [1.165, 1.54) is 0 Å². The number of aryl methyl sites for hydroxylation is 3. The number of hydrogen-bond donors (Lipinski definition) is 1. The van der Waals surface area contributed by atoms with Crippen molar-refractivity contribution in [3.8, 4) is 0 Å². The standard InChI is InChI=1S/C19H26N4O2/c1-4-15-13(3)10-14(18(24)21-15)19(25)23-9-7-6-8-16(23)17-11-20-12-22(17)5-2/h10-12,16H,4-9H2,1-3H3,(H,21,24). The van der Waals surface area contributed by atoms with Crippen molar-refractivity contribution in [2.24, 2.45) is 0 Å². The minimum absolute atomic E-state index is 0.0192. The average molecular weight is 342 g/mol.